The standard InChI is InChI=1S/C15H26N4O/c1-12(2)9-19-7-5-16-15(19)17-8-14-10-18-6-3-4-13(18)11-20-14/h5,7,12-14H,3-4,6,8-11H2,1-2H3,(H,16,17). The fraction of sp³-hybridized carbons (Fsp3) is 0.800. The monoisotopic (exact) mass is 278 g/mol. The number of hydrogen-bond donors (Lipinski definition) is 1. The van der Waals surface area contributed by atoms with Crippen LogP contribution < -0.4 is 5.32 Å². The molecule has 0 aliphatic carbocycles. The zero-order chi connectivity index (χ0) is 13.9. The third kappa shape index (κ3) is 3.15. The molecule has 1 aromatic heterocycles. The molecular weight excluding hydrogens is 252 g/mol. The van der Waals surface area contributed by atoms with Crippen molar-refractivity contribution in [3.63, 3.8) is 0 Å². The summed E-state index contributed by atoms with van der Waals surface area (Å²) in [7, 11) is 0. The van der Waals surface area contributed by atoms with E-state index in [0.717, 1.165) is 32.2 Å². The van der Waals surface area contributed by atoms with Gasteiger partial charge in [-0.1, -0.05) is 13.8 Å². The average molecular weight is 278 g/mol. The first-order valence-corrected chi connectivity index (χ1v) is 7.83. The van der Waals surface area contributed by atoms with E-state index >= 15 is 0 Å². The van der Waals surface area contributed by atoms with Crippen LogP contribution in [0.5, 0.6) is 0 Å². The minimum absolute atomic E-state index is 0.286. The summed E-state index contributed by atoms with van der Waals surface area (Å²) in [5, 5.41) is 3.45. The highest BCUT2D eigenvalue weighted by Gasteiger charge is 2.32. The van der Waals surface area contributed by atoms with Gasteiger partial charge in [-0.2, -0.15) is 0 Å². The van der Waals surface area contributed by atoms with E-state index < -0.39 is 0 Å². The topological polar surface area (TPSA) is 42.3 Å². The molecule has 5 heteroatoms. The molecule has 3 rings (SSSR count). The highest BCUT2D eigenvalue weighted by Crippen LogP contribution is 2.22. The van der Waals surface area contributed by atoms with Crippen LogP contribution in [0.15, 0.2) is 12.4 Å². The van der Waals surface area contributed by atoms with Crippen molar-refractivity contribution < 1.29 is 4.74 Å². The van der Waals surface area contributed by atoms with E-state index in [4.69, 9.17) is 4.74 Å². The zero-order valence-electron chi connectivity index (χ0n) is 12.6. The van der Waals surface area contributed by atoms with Crippen LogP contribution in [0, 0.1) is 5.92 Å². The van der Waals surface area contributed by atoms with E-state index in [1.807, 2.05) is 12.4 Å². The molecule has 0 bridgehead atoms. The summed E-state index contributed by atoms with van der Waals surface area (Å²) >= 11 is 0. The smallest absolute Gasteiger partial charge is 0.202 e. The van der Waals surface area contributed by atoms with Gasteiger partial charge < -0.3 is 14.6 Å². The number of nitrogens with one attached hydrogen (secondary N) is 1. The molecule has 3 heterocycles. The van der Waals surface area contributed by atoms with Gasteiger partial charge in [0.1, 0.15) is 0 Å². The van der Waals surface area contributed by atoms with E-state index in [9.17, 15) is 0 Å². The van der Waals surface area contributed by atoms with Gasteiger partial charge in [0.25, 0.3) is 0 Å². The Morgan fingerprint density at radius 3 is 3.25 bits per heavy atom. The molecule has 2 aliphatic heterocycles. The third-order valence-corrected chi connectivity index (χ3v) is 4.23. The first-order valence-electron chi connectivity index (χ1n) is 7.83. The van der Waals surface area contributed by atoms with E-state index in [-0.39, 0.29) is 6.10 Å². The van der Waals surface area contributed by atoms with E-state index in [1.54, 1.807) is 0 Å². The molecule has 0 amide bonds. The van der Waals surface area contributed by atoms with Gasteiger partial charge in [0.15, 0.2) is 0 Å². The Morgan fingerprint density at radius 2 is 2.40 bits per heavy atom. The number of morpholine rings is 1. The maximum Gasteiger partial charge on any atom is 0.202 e. The maximum absolute atomic E-state index is 5.97. The summed E-state index contributed by atoms with van der Waals surface area (Å²) in [6, 6.07) is 0.675. The van der Waals surface area contributed by atoms with Gasteiger partial charge >= 0.3 is 0 Å². The second kappa shape index (κ2) is 6.14. The van der Waals surface area contributed by atoms with E-state index in [0.29, 0.717) is 12.0 Å². The Kier molecular flexibility index (Phi) is 4.27. The average Bonchev–Trinajstić information content (AvgIpc) is 3.03. The van der Waals surface area contributed by atoms with Crippen LogP contribution in [0.3, 0.4) is 0 Å². The lowest BCUT2D eigenvalue weighted by molar-refractivity contribution is -0.0416. The quantitative estimate of drug-likeness (QED) is 0.892. The first-order chi connectivity index (χ1) is 9.72. The van der Waals surface area contributed by atoms with Crippen molar-refractivity contribution in [3.8, 4) is 0 Å². The highest BCUT2D eigenvalue weighted by atomic mass is 16.5. The molecule has 0 spiro atoms. The van der Waals surface area contributed by atoms with Gasteiger partial charge in [0.05, 0.1) is 12.7 Å². The van der Waals surface area contributed by atoms with Crippen molar-refractivity contribution in [3.05, 3.63) is 12.4 Å². The lowest BCUT2D eigenvalue weighted by Gasteiger charge is -2.35. The van der Waals surface area contributed by atoms with Crippen LogP contribution in [0.25, 0.3) is 0 Å². The van der Waals surface area contributed by atoms with Crippen LogP contribution in [0.1, 0.15) is 26.7 Å². The Hall–Kier alpha value is -1.07. The van der Waals surface area contributed by atoms with Crippen molar-refractivity contribution in [1.82, 2.24) is 14.5 Å². The summed E-state index contributed by atoms with van der Waals surface area (Å²) in [5.41, 5.74) is 0. The maximum atomic E-state index is 5.97. The normalized spacial score (nSPS) is 26.9. The fourth-order valence-electron chi connectivity index (χ4n) is 3.23. The molecule has 5 nitrogen and oxygen atoms in total. The molecular formula is C15H26N4O. The van der Waals surface area contributed by atoms with Crippen LogP contribution in [-0.4, -0.2) is 52.8 Å². The Morgan fingerprint density at radius 1 is 1.50 bits per heavy atom. The predicted octanol–water partition coefficient (Wildman–Crippen LogP) is 1.81. The Bertz CT molecular complexity index is 431. The molecule has 2 unspecified atom stereocenters. The van der Waals surface area contributed by atoms with Gasteiger partial charge in [0, 0.05) is 38.1 Å². The molecule has 1 N–H and O–H groups in total. The SMILES string of the molecule is CC(C)Cn1ccnc1NCC1CN2CCCC2CO1. The molecule has 0 aromatic carbocycles. The number of nitrogens with zero attached hydrogens (tertiary/aromatic N) is 3. The first kappa shape index (κ1) is 13.9. The summed E-state index contributed by atoms with van der Waals surface area (Å²) in [5.74, 6) is 1.59. The lowest BCUT2D eigenvalue weighted by Crippen LogP contribution is -2.48. The molecule has 2 aliphatic rings. The second-order valence-electron chi connectivity index (χ2n) is 6.42. The molecule has 20 heavy (non-hydrogen) atoms. The molecule has 2 atom stereocenters. The summed E-state index contributed by atoms with van der Waals surface area (Å²) in [4.78, 5) is 6.98. The number of anilines is 1. The molecule has 0 saturated carbocycles. The minimum atomic E-state index is 0.286. The van der Waals surface area contributed by atoms with Crippen molar-refractivity contribution in [2.45, 2.75) is 45.4 Å². The Balaban J connectivity index is 1.51. The van der Waals surface area contributed by atoms with Crippen molar-refractivity contribution in [2.24, 2.45) is 5.92 Å². The molecule has 1 aromatic rings. The lowest BCUT2D eigenvalue weighted by atomic mass is 10.2. The van der Waals surface area contributed by atoms with Crippen LogP contribution in [0.4, 0.5) is 5.95 Å². The Labute approximate surface area is 121 Å². The predicted molar refractivity (Wildman–Crippen MR) is 79.9 cm³/mol. The van der Waals surface area contributed by atoms with Gasteiger partial charge in [-0.25, -0.2) is 4.98 Å². The van der Waals surface area contributed by atoms with Crippen molar-refractivity contribution in [2.75, 3.05) is 31.6 Å². The zero-order valence-corrected chi connectivity index (χ0v) is 12.6. The second-order valence-corrected chi connectivity index (χ2v) is 6.42. The molecule has 0 radical (unpaired) electrons. The fourth-order valence-corrected chi connectivity index (χ4v) is 3.23. The third-order valence-electron chi connectivity index (χ3n) is 4.23. The summed E-state index contributed by atoms with van der Waals surface area (Å²) in [6.07, 6.45) is 6.82. The molecule has 2 fully saturated rings. The number of rotatable bonds is 5. The largest absolute Gasteiger partial charge is 0.373 e. The highest BCUT2D eigenvalue weighted by molar-refractivity contribution is 5.26. The molecule has 2 saturated heterocycles. The van der Waals surface area contributed by atoms with Gasteiger partial charge in [0.2, 0.25) is 5.95 Å². The number of fused-ring (bicyclic) bond motifs is 1. The van der Waals surface area contributed by atoms with E-state index in [2.05, 4.69) is 33.6 Å². The molecule has 112 valence electrons. The number of imidazole rings is 1. The summed E-state index contributed by atoms with van der Waals surface area (Å²) in [6.45, 7) is 9.49. The number of ether oxygens (including phenoxy) is 1. The minimum Gasteiger partial charge on any atom is -0.373 e. The van der Waals surface area contributed by atoms with Crippen LogP contribution >= 0.6 is 0 Å². The van der Waals surface area contributed by atoms with Gasteiger partial charge in [-0.3, -0.25) is 4.90 Å². The van der Waals surface area contributed by atoms with E-state index in [1.165, 1.54) is 19.4 Å². The van der Waals surface area contributed by atoms with Crippen LogP contribution in [0.2, 0.25) is 0 Å². The van der Waals surface area contributed by atoms with Crippen molar-refractivity contribution in [1.29, 1.82) is 0 Å². The van der Waals surface area contributed by atoms with Gasteiger partial charge in [-0.15, -0.1) is 0 Å². The number of aromatic nitrogens is 2. The number of hydrogen-bond acceptors (Lipinski definition) is 4. The summed E-state index contributed by atoms with van der Waals surface area (Å²) < 4.78 is 8.16. The van der Waals surface area contributed by atoms with Gasteiger partial charge in [-0.05, 0) is 25.3 Å². The van der Waals surface area contributed by atoms with Crippen molar-refractivity contribution >= 4 is 5.95 Å². The van der Waals surface area contributed by atoms with Crippen LogP contribution in [-0.2, 0) is 11.3 Å².